The van der Waals surface area contributed by atoms with Gasteiger partial charge in [-0.2, -0.15) is 4.31 Å². The Morgan fingerprint density at radius 2 is 1.87 bits per heavy atom. The van der Waals surface area contributed by atoms with Gasteiger partial charge < -0.3 is 14.8 Å². The largest absolute Gasteiger partial charge is 0.452 e. The van der Waals surface area contributed by atoms with E-state index >= 15 is 0 Å². The van der Waals surface area contributed by atoms with Crippen LogP contribution >= 0.6 is 0 Å². The van der Waals surface area contributed by atoms with E-state index in [4.69, 9.17) is 9.47 Å². The third kappa shape index (κ3) is 6.51. The molecule has 2 rings (SSSR count). The molecular weight excluding hydrogens is 414 g/mol. The maximum Gasteiger partial charge on any atom is 0.338 e. The minimum atomic E-state index is -3.78. The smallest absolute Gasteiger partial charge is 0.338 e. The van der Waals surface area contributed by atoms with E-state index < -0.39 is 34.5 Å². The van der Waals surface area contributed by atoms with E-state index in [1.807, 2.05) is 13.8 Å². The van der Waals surface area contributed by atoms with Crippen LogP contribution in [0, 0.1) is 12.8 Å². The normalized spacial score (nSPS) is 14.9. The molecule has 2 N–H and O–H groups in total. The fraction of sp³-hybridized carbons (Fsp3) is 0.526. The highest BCUT2D eigenvalue weighted by atomic mass is 32.2. The lowest BCUT2D eigenvalue weighted by molar-refractivity contribution is -0.123. The molecule has 0 saturated carbocycles. The molecule has 0 atom stereocenters. The van der Waals surface area contributed by atoms with E-state index in [9.17, 15) is 22.8 Å². The summed E-state index contributed by atoms with van der Waals surface area (Å²) >= 11 is 0. The number of carbonyl (C=O) groups excluding carboxylic acids is 3. The summed E-state index contributed by atoms with van der Waals surface area (Å²) in [5, 5.41) is 4.56. The second-order valence-electron chi connectivity index (χ2n) is 7.22. The highest BCUT2D eigenvalue weighted by molar-refractivity contribution is 7.89. The molecule has 0 aliphatic carbocycles. The number of esters is 1. The lowest BCUT2D eigenvalue weighted by atomic mass is 10.1. The number of amides is 3. The summed E-state index contributed by atoms with van der Waals surface area (Å²) in [7, 11) is -3.78. The highest BCUT2D eigenvalue weighted by Crippen LogP contribution is 2.21. The number of nitrogens with zero attached hydrogens (tertiary/aromatic N) is 1. The number of urea groups is 1. The van der Waals surface area contributed by atoms with Crippen LogP contribution in [-0.4, -0.2) is 70.1 Å². The van der Waals surface area contributed by atoms with Crippen LogP contribution in [-0.2, 0) is 24.3 Å². The lowest BCUT2D eigenvalue weighted by Crippen LogP contribution is -2.42. The number of hydrogen-bond donors (Lipinski definition) is 2. The fourth-order valence-electron chi connectivity index (χ4n) is 2.63. The number of benzene rings is 1. The number of imide groups is 1. The quantitative estimate of drug-likeness (QED) is 0.594. The monoisotopic (exact) mass is 441 g/mol. The third-order valence-electron chi connectivity index (χ3n) is 4.29. The Bertz CT molecular complexity index is 893. The van der Waals surface area contributed by atoms with Crippen molar-refractivity contribution in [2.75, 3.05) is 39.5 Å². The molecule has 1 heterocycles. The summed E-state index contributed by atoms with van der Waals surface area (Å²) in [5.74, 6) is -1.43. The number of sulfonamides is 1. The SMILES string of the molecule is Cc1ccc(S(=O)(=O)N2CCOCC2)cc1C(=O)OCC(=O)NC(=O)NCC(C)C. The second-order valence-corrected chi connectivity index (χ2v) is 9.16. The van der Waals surface area contributed by atoms with E-state index in [1.165, 1.54) is 22.5 Å². The van der Waals surface area contributed by atoms with Gasteiger partial charge in [0.2, 0.25) is 10.0 Å². The zero-order valence-corrected chi connectivity index (χ0v) is 18.1. The van der Waals surface area contributed by atoms with Crippen molar-refractivity contribution in [3.05, 3.63) is 29.3 Å². The van der Waals surface area contributed by atoms with Crippen molar-refractivity contribution in [1.82, 2.24) is 14.9 Å². The van der Waals surface area contributed by atoms with Crippen molar-refractivity contribution in [2.24, 2.45) is 5.92 Å². The number of nitrogens with one attached hydrogen (secondary N) is 2. The molecule has 11 heteroatoms. The Morgan fingerprint density at radius 1 is 1.20 bits per heavy atom. The Kier molecular flexibility index (Phi) is 8.33. The van der Waals surface area contributed by atoms with Gasteiger partial charge in [-0.15, -0.1) is 0 Å². The van der Waals surface area contributed by atoms with Crippen LogP contribution in [0.15, 0.2) is 23.1 Å². The molecule has 1 aliphatic rings. The minimum Gasteiger partial charge on any atom is -0.452 e. The van der Waals surface area contributed by atoms with Gasteiger partial charge in [-0.3, -0.25) is 10.1 Å². The van der Waals surface area contributed by atoms with E-state index in [1.54, 1.807) is 6.92 Å². The van der Waals surface area contributed by atoms with Crippen molar-refractivity contribution in [3.8, 4) is 0 Å². The van der Waals surface area contributed by atoms with Gasteiger partial charge >= 0.3 is 12.0 Å². The third-order valence-corrected chi connectivity index (χ3v) is 6.19. The average Bonchev–Trinajstić information content (AvgIpc) is 2.71. The molecule has 1 fully saturated rings. The van der Waals surface area contributed by atoms with Crippen LogP contribution in [0.25, 0.3) is 0 Å². The Morgan fingerprint density at radius 3 is 2.50 bits per heavy atom. The molecule has 1 aromatic carbocycles. The lowest BCUT2D eigenvalue weighted by Gasteiger charge is -2.26. The predicted molar refractivity (Wildman–Crippen MR) is 107 cm³/mol. The van der Waals surface area contributed by atoms with Gasteiger partial charge in [-0.25, -0.2) is 18.0 Å². The standard InChI is InChI=1S/C19H27N3O7S/c1-13(2)11-20-19(25)21-17(23)12-29-18(24)16-10-15(5-4-14(16)3)30(26,27)22-6-8-28-9-7-22/h4-5,10,13H,6-9,11-12H2,1-3H3,(H2,20,21,23,25). The first-order valence-electron chi connectivity index (χ1n) is 9.54. The molecule has 3 amide bonds. The van der Waals surface area contributed by atoms with E-state index in [0.717, 1.165) is 0 Å². The molecule has 0 spiro atoms. The maximum atomic E-state index is 12.8. The summed E-state index contributed by atoms with van der Waals surface area (Å²) in [6.07, 6.45) is 0. The first kappa shape index (κ1) is 23.8. The van der Waals surface area contributed by atoms with Crippen LogP contribution < -0.4 is 10.6 Å². The molecule has 1 aromatic rings. The fourth-order valence-corrected chi connectivity index (χ4v) is 4.06. The Hall–Kier alpha value is -2.50. The number of aryl methyl sites for hydroxylation is 1. The number of hydrogen-bond acceptors (Lipinski definition) is 7. The van der Waals surface area contributed by atoms with Gasteiger partial charge in [-0.1, -0.05) is 19.9 Å². The summed E-state index contributed by atoms with van der Waals surface area (Å²) in [5.41, 5.74) is 0.525. The van der Waals surface area contributed by atoms with Crippen molar-refractivity contribution < 1.29 is 32.3 Å². The molecular formula is C19H27N3O7S. The highest BCUT2D eigenvalue weighted by Gasteiger charge is 2.27. The van der Waals surface area contributed by atoms with Crippen LogP contribution in [0.5, 0.6) is 0 Å². The Balaban J connectivity index is 2.01. The summed E-state index contributed by atoms with van der Waals surface area (Å²) < 4.78 is 37.0. The van der Waals surface area contributed by atoms with Crippen LogP contribution in [0.3, 0.4) is 0 Å². The van der Waals surface area contributed by atoms with Gasteiger partial charge in [0, 0.05) is 19.6 Å². The first-order valence-corrected chi connectivity index (χ1v) is 11.0. The minimum absolute atomic E-state index is 0.0291. The van der Waals surface area contributed by atoms with E-state index in [2.05, 4.69) is 10.6 Å². The molecule has 0 unspecified atom stereocenters. The summed E-state index contributed by atoms with van der Waals surface area (Å²) in [6.45, 7) is 6.22. The number of morpholine rings is 1. The Labute approximate surface area is 176 Å². The number of ether oxygens (including phenoxy) is 2. The summed E-state index contributed by atoms with van der Waals surface area (Å²) in [4.78, 5) is 35.7. The molecule has 10 nitrogen and oxygen atoms in total. The number of rotatable bonds is 7. The topological polar surface area (TPSA) is 131 Å². The van der Waals surface area contributed by atoms with Crippen LogP contribution in [0.4, 0.5) is 4.79 Å². The second kappa shape index (κ2) is 10.5. The molecule has 1 aliphatic heterocycles. The number of carbonyl (C=O) groups is 3. The zero-order valence-electron chi connectivity index (χ0n) is 17.3. The summed E-state index contributed by atoms with van der Waals surface area (Å²) in [6, 6.07) is 3.47. The van der Waals surface area contributed by atoms with Crippen LogP contribution in [0.1, 0.15) is 29.8 Å². The zero-order chi connectivity index (χ0) is 22.3. The molecule has 166 valence electrons. The van der Waals surface area contributed by atoms with Crippen LogP contribution in [0.2, 0.25) is 0 Å². The average molecular weight is 442 g/mol. The first-order chi connectivity index (χ1) is 14.1. The van der Waals surface area contributed by atoms with Gasteiger partial charge in [0.15, 0.2) is 6.61 Å². The van der Waals surface area contributed by atoms with Crippen molar-refractivity contribution in [3.63, 3.8) is 0 Å². The molecule has 0 radical (unpaired) electrons. The van der Waals surface area contributed by atoms with Crippen molar-refractivity contribution in [1.29, 1.82) is 0 Å². The maximum absolute atomic E-state index is 12.8. The molecule has 1 saturated heterocycles. The van der Waals surface area contributed by atoms with Gasteiger partial charge in [-0.05, 0) is 30.5 Å². The van der Waals surface area contributed by atoms with Gasteiger partial charge in [0.05, 0.1) is 23.7 Å². The molecule has 0 bridgehead atoms. The molecule has 30 heavy (non-hydrogen) atoms. The van der Waals surface area contributed by atoms with Crippen molar-refractivity contribution >= 4 is 27.9 Å². The molecule has 0 aromatic heterocycles. The van der Waals surface area contributed by atoms with E-state index in [0.29, 0.717) is 25.3 Å². The van der Waals surface area contributed by atoms with E-state index in [-0.39, 0.29) is 29.5 Å². The van der Waals surface area contributed by atoms with Gasteiger partial charge in [0.25, 0.3) is 5.91 Å². The van der Waals surface area contributed by atoms with Crippen molar-refractivity contribution in [2.45, 2.75) is 25.7 Å². The van der Waals surface area contributed by atoms with Gasteiger partial charge in [0.1, 0.15) is 0 Å². The predicted octanol–water partition coefficient (Wildman–Crippen LogP) is 0.655.